The van der Waals surface area contributed by atoms with Gasteiger partial charge in [0.2, 0.25) is 11.8 Å². The first-order chi connectivity index (χ1) is 15.6. The predicted octanol–water partition coefficient (Wildman–Crippen LogP) is 4.25. The maximum absolute atomic E-state index is 12.5. The number of amides is 2. The number of carbonyl (C=O) groups excluding carboxylic acids is 2. The highest BCUT2D eigenvalue weighted by atomic mass is 35.5. The Bertz CT molecular complexity index is 1030. The second-order valence-corrected chi connectivity index (χ2v) is 9.17. The van der Waals surface area contributed by atoms with E-state index in [1.165, 1.54) is 33.2 Å². The van der Waals surface area contributed by atoms with Gasteiger partial charge < -0.3 is 20.5 Å². The van der Waals surface area contributed by atoms with Crippen molar-refractivity contribution in [1.82, 2.24) is 10.3 Å². The van der Waals surface area contributed by atoms with Crippen LogP contribution in [-0.4, -0.2) is 40.5 Å². The quantitative estimate of drug-likeness (QED) is 0.553. The zero-order chi connectivity index (χ0) is 24.2. The Balaban J connectivity index is 1.55. The summed E-state index contributed by atoms with van der Waals surface area (Å²) in [7, 11) is 1.46. The summed E-state index contributed by atoms with van der Waals surface area (Å²) in [4.78, 5) is 40.2. The topological polar surface area (TPSA) is 118 Å². The molecule has 1 aromatic heterocycles. The molecule has 0 bridgehead atoms. The lowest BCUT2D eigenvalue weighted by atomic mass is 9.78. The third-order valence-electron chi connectivity index (χ3n) is 5.97. The fraction of sp³-hybridized carbons (Fsp3) is 0.417. The van der Waals surface area contributed by atoms with Crippen molar-refractivity contribution < 1.29 is 24.2 Å². The van der Waals surface area contributed by atoms with Crippen LogP contribution in [0, 0.1) is 5.92 Å². The molecule has 8 nitrogen and oxygen atoms in total. The molecule has 0 spiro atoms. The van der Waals surface area contributed by atoms with Crippen molar-refractivity contribution in [1.29, 1.82) is 0 Å². The molecule has 0 atom stereocenters. The van der Waals surface area contributed by atoms with Gasteiger partial charge in [-0.05, 0) is 69.2 Å². The zero-order valence-electron chi connectivity index (χ0n) is 18.9. The molecule has 0 unspecified atom stereocenters. The predicted molar refractivity (Wildman–Crippen MR) is 125 cm³/mol. The van der Waals surface area contributed by atoms with Gasteiger partial charge in [0.25, 0.3) is 5.91 Å². The number of nitrogens with one attached hydrogen (secondary N) is 2. The summed E-state index contributed by atoms with van der Waals surface area (Å²) in [6, 6.07) is 9.16. The minimum atomic E-state index is -1.28. The number of carboxylic acids is 1. The van der Waals surface area contributed by atoms with E-state index >= 15 is 0 Å². The molecule has 0 saturated heterocycles. The molecule has 1 fully saturated rings. The van der Waals surface area contributed by atoms with Gasteiger partial charge in [0.05, 0.1) is 12.7 Å². The minimum absolute atomic E-state index is 0.177. The first-order valence-electron chi connectivity index (χ1n) is 10.8. The first-order valence-corrected chi connectivity index (χ1v) is 11.1. The molecule has 176 valence electrons. The van der Waals surface area contributed by atoms with Crippen LogP contribution in [0.4, 0.5) is 5.69 Å². The lowest BCUT2D eigenvalue weighted by molar-refractivity contribution is -0.146. The van der Waals surface area contributed by atoms with Crippen LogP contribution in [-0.2, 0) is 9.59 Å². The van der Waals surface area contributed by atoms with E-state index in [1.54, 1.807) is 0 Å². The number of hydrogen-bond donors (Lipinski definition) is 3. The van der Waals surface area contributed by atoms with Crippen LogP contribution in [0.3, 0.4) is 0 Å². The number of ether oxygens (including phenoxy) is 1. The largest absolute Gasteiger partial charge is 0.480 e. The number of hydrogen-bond acceptors (Lipinski definition) is 5. The molecule has 1 aromatic carbocycles. The van der Waals surface area contributed by atoms with Crippen molar-refractivity contribution in [3.05, 3.63) is 52.7 Å². The number of aliphatic carboxylic acids is 1. The van der Waals surface area contributed by atoms with Gasteiger partial charge >= 0.3 is 5.97 Å². The van der Waals surface area contributed by atoms with E-state index in [4.69, 9.17) is 16.3 Å². The smallest absolute Gasteiger partial charge is 0.328 e. The average Bonchev–Trinajstić information content (AvgIpc) is 2.79. The van der Waals surface area contributed by atoms with E-state index < -0.39 is 11.5 Å². The molecule has 0 radical (unpaired) electrons. The Kier molecular flexibility index (Phi) is 7.58. The van der Waals surface area contributed by atoms with Gasteiger partial charge in [-0.3, -0.25) is 9.59 Å². The Morgan fingerprint density at radius 2 is 1.76 bits per heavy atom. The van der Waals surface area contributed by atoms with E-state index in [2.05, 4.69) is 15.6 Å². The number of pyridine rings is 1. The van der Waals surface area contributed by atoms with Gasteiger partial charge in [0, 0.05) is 17.8 Å². The highest BCUT2D eigenvalue weighted by molar-refractivity contribution is 6.32. The summed E-state index contributed by atoms with van der Waals surface area (Å²) < 4.78 is 5.00. The Labute approximate surface area is 197 Å². The number of anilines is 1. The molecule has 3 rings (SSSR count). The highest BCUT2D eigenvalue weighted by Crippen LogP contribution is 2.36. The normalized spacial score (nSPS) is 18.3. The minimum Gasteiger partial charge on any atom is -0.480 e. The number of carboxylic acid groups (broad SMARTS) is 1. The molecule has 9 heteroatoms. The molecule has 1 aliphatic carbocycles. The van der Waals surface area contributed by atoms with Crippen LogP contribution < -0.4 is 15.4 Å². The van der Waals surface area contributed by atoms with Crippen molar-refractivity contribution in [2.24, 2.45) is 5.92 Å². The fourth-order valence-corrected chi connectivity index (χ4v) is 4.14. The second kappa shape index (κ2) is 10.2. The zero-order valence-corrected chi connectivity index (χ0v) is 19.6. The fourth-order valence-electron chi connectivity index (χ4n) is 3.89. The number of methoxy groups -OCH3 is 1. The average molecular weight is 474 g/mol. The molecule has 33 heavy (non-hydrogen) atoms. The van der Waals surface area contributed by atoms with Gasteiger partial charge in [0.15, 0.2) is 0 Å². The summed E-state index contributed by atoms with van der Waals surface area (Å²) in [6.07, 6.45) is 4.49. The van der Waals surface area contributed by atoms with E-state index in [-0.39, 0.29) is 28.6 Å². The van der Waals surface area contributed by atoms with Gasteiger partial charge in [-0.1, -0.05) is 23.7 Å². The van der Waals surface area contributed by atoms with Gasteiger partial charge in [-0.2, -0.15) is 0 Å². The number of nitrogens with zero attached hydrogens (tertiary/aromatic N) is 1. The van der Waals surface area contributed by atoms with Gasteiger partial charge in [-0.25, -0.2) is 9.78 Å². The third-order valence-corrected chi connectivity index (χ3v) is 6.24. The molecule has 1 aliphatic rings. The Hall–Kier alpha value is -3.13. The Morgan fingerprint density at radius 1 is 1.12 bits per heavy atom. The third kappa shape index (κ3) is 6.01. The van der Waals surface area contributed by atoms with Crippen molar-refractivity contribution in [3.8, 4) is 5.88 Å². The van der Waals surface area contributed by atoms with Crippen LogP contribution in [0.25, 0.3) is 0 Å². The van der Waals surface area contributed by atoms with Crippen molar-refractivity contribution in [2.45, 2.75) is 51.0 Å². The summed E-state index contributed by atoms with van der Waals surface area (Å²) in [5.74, 6) is -1.18. The molecular weight excluding hydrogens is 446 g/mol. The van der Waals surface area contributed by atoms with Crippen molar-refractivity contribution >= 4 is 35.1 Å². The number of rotatable bonds is 7. The van der Waals surface area contributed by atoms with E-state index in [9.17, 15) is 19.5 Å². The molecular formula is C24H28ClN3O5. The summed E-state index contributed by atoms with van der Waals surface area (Å²) in [5, 5.41) is 14.9. The highest BCUT2D eigenvalue weighted by Gasteiger charge is 2.33. The molecule has 3 N–H and O–H groups in total. The summed E-state index contributed by atoms with van der Waals surface area (Å²) >= 11 is 6.04. The van der Waals surface area contributed by atoms with Crippen molar-refractivity contribution in [2.75, 3.05) is 12.4 Å². The molecule has 1 heterocycles. The van der Waals surface area contributed by atoms with Crippen LogP contribution in [0.2, 0.25) is 5.02 Å². The number of carbonyl (C=O) groups is 3. The maximum Gasteiger partial charge on any atom is 0.328 e. The maximum atomic E-state index is 12.5. The number of benzene rings is 1. The molecule has 0 aliphatic heterocycles. The lowest BCUT2D eigenvalue weighted by Gasteiger charge is -2.30. The SMILES string of the molecule is COc1ncc(C(=O)Nc2ccc(C3CCC(C(=O)NC(C)(C)C(=O)O)CC3)cc2)cc1Cl. The van der Waals surface area contributed by atoms with Crippen molar-refractivity contribution in [3.63, 3.8) is 0 Å². The van der Waals surface area contributed by atoms with E-state index in [1.807, 2.05) is 24.3 Å². The van der Waals surface area contributed by atoms with Gasteiger partial charge in [-0.15, -0.1) is 0 Å². The lowest BCUT2D eigenvalue weighted by Crippen LogP contribution is -2.51. The van der Waals surface area contributed by atoms with Crippen LogP contribution >= 0.6 is 11.6 Å². The van der Waals surface area contributed by atoms with Gasteiger partial charge in [0.1, 0.15) is 10.6 Å². The summed E-state index contributed by atoms with van der Waals surface area (Å²) in [6.45, 7) is 2.97. The number of aromatic nitrogens is 1. The van der Waals surface area contributed by atoms with Crippen LogP contribution in [0.1, 0.15) is 61.4 Å². The van der Waals surface area contributed by atoms with E-state index in [0.29, 0.717) is 30.0 Å². The monoisotopic (exact) mass is 473 g/mol. The molecule has 2 amide bonds. The Morgan fingerprint density at radius 3 is 2.30 bits per heavy atom. The molecule has 1 saturated carbocycles. The van der Waals surface area contributed by atoms with Crippen LogP contribution in [0.15, 0.2) is 36.5 Å². The molecule has 2 aromatic rings. The first kappa shape index (κ1) is 24.5. The summed E-state index contributed by atoms with van der Waals surface area (Å²) in [5.41, 5.74) is 0.848. The van der Waals surface area contributed by atoms with Crippen LogP contribution in [0.5, 0.6) is 5.88 Å². The number of halogens is 1. The standard InChI is InChI=1S/C24H28ClN3O5/c1-24(2,23(31)32)28-21(30)16-6-4-14(5-7-16)15-8-10-18(11-9-15)27-20(29)17-12-19(25)22(33-3)26-13-17/h8-14,16H,4-7H2,1-3H3,(H,27,29)(H,28,30)(H,31,32). The second-order valence-electron chi connectivity index (χ2n) is 8.76. The van der Waals surface area contributed by atoms with E-state index in [0.717, 1.165) is 18.4 Å².